The van der Waals surface area contributed by atoms with Gasteiger partial charge >= 0.3 is 0 Å². The van der Waals surface area contributed by atoms with Gasteiger partial charge in [-0.15, -0.1) is 0 Å². The van der Waals surface area contributed by atoms with E-state index in [1.807, 2.05) is 12.1 Å². The van der Waals surface area contributed by atoms with Crippen molar-refractivity contribution in [3.8, 4) is 5.75 Å². The number of nitrogen functional groups attached to an aromatic ring is 1. The summed E-state index contributed by atoms with van der Waals surface area (Å²) in [5.74, 6) is 0.621. The summed E-state index contributed by atoms with van der Waals surface area (Å²) in [5.41, 5.74) is 7.33. The number of rotatable bonds is 4. The fourth-order valence-corrected chi connectivity index (χ4v) is 2.88. The molecule has 3 N–H and O–H groups in total. The van der Waals surface area contributed by atoms with E-state index < -0.39 is 0 Å². The van der Waals surface area contributed by atoms with E-state index in [4.69, 9.17) is 10.5 Å². The summed E-state index contributed by atoms with van der Waals surface area (Å²) in [5, 5.41) is 3.11. The number of carbonyl (C=O) groups is 1. The van der Waals surface area contributed by atoms with Crippen LogP contribution >= 0.6 is 0 Å². The van der Waals surface area contributed by atoms with Crippen molar-refractivity contribution in [1.29, 1.82) is 0 Å². The lowest BCUT2D eigenvalue weighted by Crippen LogP contribution is -2.34. The van der Waals surface area contributed by atoms with Crippen molar-refractivity contribution in [3.05, 3.63) is 29.8 Å². The summed E-state index contributed by atoms with van der Waals surface area (Å²) in [4.78, 5) is 12.0. The minimum Gasteiger partial charge on any atom is -0.495 e. The van der Waals surface area contributed by atoms with Crippen molar-refractivity contribution < 1.29 is 9.53 Å². The van der Waals surface area contributed by atoms with Crippen molar-refractivity contribution in [1.82, 2.24) is 5.32 Å². The van der Waals surface area contributed by atoms with Crippen molar-refractivity contribution in [2.24, 2.45) is 0 Å². The number of hydrogen-bond donors (Lipinski definition) is 2. The number of hydrogen-bond acceptors (Lipinski definition) is 3. The number of nitrogens with two attached hydrogens (primary N) is 1. The number of amides is 1. The first-order valence-corrected chi connectivity index (χ1v) is 8.11. The largest absolute Gasteiger partial charge is 0.495 e. The lowest BCUT2D eigenvalue weighted by Gasteiger charge is -2.20. The summed E-state index contributed by atoms with van der Waals surface area (Å²) >= 11 is 0. The summed E-state index contributed by atoms with van der Waals surface area (Å²) in [6, 6.07) is 5.81. The van der Waals surface area contributed by atoms with Gasteiger partial charge in [0.15, 0.2) is 0 Å². The molecule has 120 valence electrons. The Kier molecular flexibility index (Phi) is 6.31. The second kappa shape index (κ2) is 8.47. The molecule has 4 nitrogen and oxygen atoms in total. The Bertz CT molecular complexity index is 518. The normalized spacial score (nSPS) is 17.0. The Labute approximate surface area is 132 Å². The first kappa shape index (κ1) is 16.4. The Balaban J connectivity index is 1.88. The Morgan fingerprint density at radius 2 is 1.91 bits per heavy atom. The smallest absolute Gasteiger partial charge is 0.244 e. The van der Waals surface area contributed by atoms with Crippen LogP contribution < -0.4 is 15.8 Å². The molecule has 22 heavy (non-hydrogen) atoms. The van der Waals surface area contributed by atoms with Gasteiger partial charge in [0.25, 0.3) is 0 Å². The third-order valence-corrected chi connectivity index (χ3v) is 4.13. The molecule has 4 heteroatoms. The van der Waals surface area contributed by atoms with Crippen LogP contribution in [0.15, 0.2) is 24.3 Å². The summed E-state index contributed by atoms with van der Waals surface area (Å²) in [6.07, 6.45) is 11.9. The average Bonchev–Trinajstić information content (AvgIpc) is 2.48. The quantitative estimate of drug-likeness (QED) is 0.660. The molecule has 0 saturated heterocycles. The van der Waals surface area contributed by atoms with E-state index in [0.717, 1.165) is 18.4 Å². The highest BCUT2D eigenvalue weighted by atomic mass is 16.5. The fraction of sp³-hybridized carbons (Fsp3) is 0.500. The zero-order valence-electron chi connectivity index (χ0n) is 13.3. The minimum atomic E-state index is -0.0278. The molecule has 1 saturated carbocycles. The molecule has 1 aliphatic carbocycles. The maximum atomic E-state index is 12.0. The maximum absolute atomic E-state index is 12.0. The molecular formula is C18H26N2O2. The molecule has 0 unspecified atom stereocenters. The van der Waals surface area contributed by atoms with Crippen LogP contribution in [0.5, 0.6) is 5.75 Å². The lowest BCUT2D eigenvalue weighted by molar-refractivity contribution is -0.117. The zero-order chi connectivity index (χ0) is 15.8. The van der Waals surface area contributed by atoms with Crippen molar-refractivity contribution in [3.63, 3.8) is 0 Å². The van der Waals surface area contributed by atoms with Gasteiger partial charge in [-0.05, 0) is 36.6 Å². The molecule has 0 bridgehead atoms. The second-order valence-electron chi connectivity index (χ2n) is 5.89. The molecule has 1 aliphatic rings. The van der Waals surface area contributed by atoms with Gasteiger partial charge in [-0.2, -0.15) is 0 Å². The van der Waals surface area contributed by atoms with Gasteiger partial charge in [-0.3, -0.25) is 4.79 Å². The SMILES string of the molecule is COc1ccc(/C=C\C(=O)NC2CCCCCCC2)cc1N. The highest BCUT2D eigenvalue weighted by Gasteiger charge is 2.12. The van der Waals surface area contributed by atoms with Crippen LogP contribution in [-0.2, 0) is 4.79 Å². The molecule has 0 aliphatic heterocycles. The van der Waals surface area contributed by atoms with Gasteiger partial charge in [-0.25, -0.2) is 0 Å². The van der Waals surface area contributed by atoms with E-state index in [9.17, 15) is 4.79 Å². The molecular weight excluding hydrogens is 276 g/mol. The summed E-state index contributed by atoms with van der Waals surface area (Å²) < 4.78 is 5.12. The van der Waals surface area contributed by atoms with E-state index in [1.54, 1.807) is 25.3 Å². The Morgan fingerprint density at radius 1 is 1.23 bits per heavy atom. The Hall–Kier alpha value is -1.97. The number of ether oxygens (including phenoxy) is 1. The van der Waals surface area contributed by atoms with Gasteiger partial charge < -0.3 is 15.8 Å². The van der Waals surface area contributed by atoms with Crippen LogP contribution in [0.2, 0.25) is 0 Å². The molecule has 1 amide bonds. The topological polar surface area (TPSA) is 64.3 Å². The standard InChI is InChI=1S/C18H26N2O2/c1-22-17-11-9-14(13-16(17)19)10-12-18(21)20-15-7-5-3-2-4-6-8-15/h9-13,15H,2-8,19H2,1H3,(H,20,21)/b12-10-. The van der Waals surface area contributed by atoms with Crippen LogP contribution in [0.3, 0.4) is 0 Å². The molecule has 1 aromatic rings. The van der Waals surface area contributed by atoms with E-state index in [0.29, 0.717) is 17.5 Å². The summed E-state index contributed by atoms with van der Waals surface area (Å²) in [6.45, 7) is 0. The van der Waals surface area contributed by atoms with Crippen LogP contribution in [0.1, 0.15) is 50.5 Å². The molecule has 0 atom stereocenters. The van der Waals surface area contributed by atoms with Crippen LogP contribution in [0.4, 0.5) is 5.69 Å². The van der Waals surface area contributed by atoms with Gasteiger partial charge in [0.05, 0.1) is 12.8 Å². The van der Waals surface area contributed by atoms with E-state index in [1.165, 1.54) is 32.1 Å². The van der Waals surface area contributed by atoms with Crippen molar-refractivity contribution in [2.45, 2.75) is 51.0 Å². The van der Waals surface area contributed by atoms with Gasteiger partial charge in [0.2, 0.25) is 5.91 Å². The molecule has 2 rings (SSSR count). The number of anilines is 1. The number of carbonyl (C=O) groups excluding carboxylic acids is 1. The van der Waals surface area contributed by atoms with Crippen molar-refractivity contribution >= 4 is 17.7 Å². The molecule has 0 radical (unpaired) electrons. The average molecular weight is 302 g/mol. The number of benzene rings is 1. The minimum absolute atomic E-state index is 0.0278. The molecule has 0 heterocycles. The number of nitrogens with one attached hydrogen (secondary N) is 1. The molecule has 1 aromatic carbocycles. The van der Waals surface area contributed by atoms with E-state index >= 15 is 0 Å². The third kappa shape index (κ3) is 5.10. The highest BCUT2D eigenvalue weighted by molar-refractivity contribution is 5.92. The maximum Gasteiger partial charge on any atom is 0.244 e. The monoisotopic (exact) mass is 302 g/mol. The van der Waals surface area contributed by atoms with Crippen LogP contribution in [-0.4, -0.2) is 19.1 Å². The summed E-state index contributed by atoms with van der Waals surface area (Å²) in [7, 11) is 1.59. The first-order chi connectivity index (χ1) is 10.7. The highest BCUT2D eigenvalue weighted by Crippen LogP contribution is 2.22. The first-order valence-electron chi connectivity index (χ1n) is 8.11. The fourth-order valence-electron chi connectivity index (χ4n) is 2.88. The molecule has 1 fully saturated rings. The van der Waals surface area contributed by atoms with Crippen molar-refractivity contribution in [2.75, 3.05) is 12.8 Å². The van der Waals surface area contributed by atoms with Gasteiger partial charge in [0.1, 0.15) is 5.75 Å². The molecule has 0 aromatic heterocycles. The third-order valence-electron chi connectivity index (χ3n) is 4.13. The van der Waals surface area contributed by atoms with Crippen LogP contribution in [0, 0.1) is 0 Å². The van der Waals surface area contributed by atoms with Crippen LogP contribution in [0.25, 0.3) is 6.08 Å². The van der Waals surface area contributed by atoms with E-state index in [2.05, 4.69) is 5.32 Å². The zero-order valence-corrected chi connectivity index (χ0v) is 13.3. The predicted molar refractivity (Wildman–Crippen MR) is 90.7 cm³/mol. The van der Waals surface area contributed by atoms with Gasteiger partial charge in [-0.1, -0.05) is 38.2 Å². The molecule has 0 spiro atoms. The number of methoxy groups -OCH3 is 1. The lowest BCUT2D eigenvalue weighted by atomic mass is 9.97. The predicted octanol–water partition coefficient (Wildman–Crippen LogP) is 3.52. The Morgan fingerprint density at radius 3 is 2.55 bits per heavy atom. The van der Waals surface area contributed by atoms with Gasteiger partial charge in [0, 0.05) is 12.1 Å². The second-order valence-corrected chi connectivity index (χ2v) is 5.89. The van der Waals surface area contributed by atoms with E-state index in [-0.39, 0.29) is 5.91 Å².